The monoisotopic (exact) mass is 218 g/mol. The van der Waals surface area contributed by atoms with E-state index in [9.17, 15) is 4.79 Å². The molecule has 1 aliphatic rings. The van der Waals surface area contributed by atoms with Crippen molar-refractivity contribution in [2.45, 2.75) is 20.3 Å². The molecule has 0 saturated carbocycles. The topological polar surface area (TPSA) is 32.3 Å². The van der Waals surface area contributed by atoms with Gasteiger partial charge in [-0.05, 0) is 31.4 Å². The van der Waals surface area contributed by atoms with Crippen LogP contribution in [0, 0.1) is 13.8 Å². The summed E-state index contributed by atoms with van der Waals surface area (Å²) in [7, 11) is 0. The average Bonchev–Trinajstić information content (AvgIpc) is 2.43. The lowest BCUT2D eigenvalue weighted by molar-refractivity contribution is -0.119. The third kappa shape index (κ3) is 2.18. The normalized spacial score (nSPS) is 16.9. The maximum absolute atomic E-state index is 11.5. The predicted molar refractivity (Wildman–Crippen MR) is 65.8 cm³/mol. The number of carbonyl (C=O) groups is 1. The Balaban J connectivity index is 2.31. The standard InChI is InChI=1S/C13H18N2O/c1-10-5-3-6-11(2)13(10)15-8-4-7-14-12(16)9-15/h3,5-6H,4,7-9H2,1-2H3,(H,14,16). The first kappa shape index (κ1) is 11.0. The van der Waals surface area contributed by atoms with Crippen molar-refractivity contribution in [3.8, 4) is 0 Å². The summed E-state index contributed by atoms with van der Waals surface area (Å²) in [4.78, 5) is 13.7. The van der Waals surface area contributed by atoms with Gasteiger partial charge in [0, 0.05) is 18.8 Å². The molecule has 3 heteroatoms. The first-order valence-corrected chi connectivity index (χ1v) is 5.76. The molecule has 1 amide bonds. The zero-order valence-electron chi connectivity index (χ0n) is 9.92. The second-order valence-corrected chi connectivity index (χ2v) is 4.37. The Labute approximate surface area is 96.5 Å². The lowest BCUT2D eigenvalue weighted by Gasteiger charge is -2.25. The summed E-state index contributed by atoms with van der Waals surface area (Å²) < 4.78 is 0. The van der Waals surface area contributed by atoms with Gasteiger partial charge in [0.1, 0.15) is 0 Å². The van der Waals surface area contributed by atoms with Gasteiger partial charge < -0.3 is 10.2 Å². The van der Waals surface area contributed by atoms with E-state index in [0.717, 1.165) is 19.5 Å². The van der Waals surface area contributed by atoms with Gasteiger partial charge in [-0.2, -0.15) is 0 Å². The number of benzene rings is 1. The minimum absolute atomic E-state index is 0.125. The first-order chi connectivity index (χ1) is 7.68. The molecule has 1 aromatic carbocycles. The molecule has 0 aromatic heterocycles. The number of anilines is 1. The number of nitrogens with zero attached hydrogens (tertiary/aromatic N) is 1. The van der Waals surface area contributed by atoms with E-state index in [1.807, 2.05) is 0 Å². The number of aryl methyl sites for hydroxylation is 2. The molecule has 86 valence electrons. The molecule has 0 unspecified atom stereocenters. The van der Waals surface area contributed by atoms with Crippen LogP contribution in [-0.2, 0) is 4.79 Å². The fraction of sp³-hybridized carbons (Fsp3) is 0.462. The zero-order chi connectivity index (χ0) is 11.5. The van der Waals surface area contributed by atoms with Crippen molar-refractivity contribution in [2.75, 3.05) is 24.5 Å². The fourth-order valence-electron chi connectivity index (χ4n) is 2.30. The van der Waals surface area contributed by atoms with Gasteiger partial charge in [-0.25, -0.2) is 0 Å². The first-order valence-electron chi connectivity index (χ1n) is 5.76. The highest BCUT2D eigenvalue weighted by atomic mass is 16.2. The third-order valence-electron chi connectivity index (χ3n) is 3.02. The van der Waals surface area contributed by atoms with Crippen molar-refractivity contribution in [3.63, 3.8) is 0 Å². The molecule has 1 aliphatic heterocycles. The van der Waals surface area contributed by atoms with Gasteiger partial charge >= 0.3 is 0 Å². The molecule has 0 radical (unpaired) electrons. The number of carbonyl (C=O) groups excluding carboxylic acids is 1. The molecule has 0 bridgehead atoms. The highest BCUT2D eigenvalue weighted by Crippen LogP contribution is 2.24. The summed E-state index contributed by atoms with van der Waals surface area (Å²) in [5.74, 6) is 0.125. The van der Waals surface area contributed by atoms with E-state index in [1.165, 1.54) is 16.8 Å². The van der Waals surface area contributed by atoms with Crippen molar-refractivity contribution in [1.82, 2.24) is 5.32 Å². The van der Waals surface area contributed by atoms with Crippen LogP contribution in [0.3, 0.4) is 0 Å². The summed E-state index contributed by atoms with van der Waals surface area (Å²) >= 11 is 0. The molecule has 1 fully saturated rings. The van der Waals surface area contributed by atoms with Gasteiger partial charge in [-0.15, -0.1) is 0 Å². The summed E-state index contributed by atoms with van der Waals surface area (Å²) in [5.41, 5.74) is 3.71. The maximum atomic E-state index is 11.5. The Kier molecular flexibility index (Phi) is 3.13. The van der Waals surface area contributed by atoms with E-state index < -0.39 is 0 Å². The summed E-state index contributed by atoms with van der Waals surface area (Å²) in [6, 6.07) is 6.27. The van der Waals surface area contributed by atoms with Crippen LogP contribution in [0.1, 0.15) is 17.5 Å². The molecule has 1 heterocycles. The highest BCUT2D eigenvalue weighted by molar-refractivity contribution is 5.82. The largest absolute Gasteiger partial charge is 0.362 e. The van der Waals surface area contributed by atoms with E-state index in [1.54, 1.807) is 0 Å². The number of hydrogen-bond acceptors (Lipinski definition) is 2. The Bertz CT molecular complexity index is 381. The van der Waals surface area contributed by atoms with Crippen molar-refractivity contribution >= 4 is 11.6 Å². The van der Waals surface area contributed by atoms with E-state index in [4.69, 9.17) is 0 Å². The number of nitrogens with one attached hydrogen (secondary N) is 1. The Morgan fingerprint density at radius 3 is 2.62 bits per heavy atom. The van der Waals surface area contributed by atoms with Crippen LogP contribution < -0.4 is 10.2 Å². The van der Waals surface area contributed by atoms with Crippen LogP contribution in [0.4, 0.5) is 5.69 Å². The van der Waals surface area contributed by atoms with Crippen LogP contribution in [0.5, 0.6) is 0 Å². The van der Waals surface area contributed by atoms with Crippen LogP contribution in [0.25, 0.3) is 0 Å². The van der Waals surface area contributed by atoms with Crippen LogP contribution in [0.2, 0.25) is 0 Å². The molecule has 0 atom stereocenters. The third-order valence-corrected chi connectivity index (χ3v) is 3.02. The van der Waals surface area contributed by atoms with Crippen molar-refractivity contribution < 1.29 is 4.79 Å². The number of amides is 1. The predicted octanol–water partition coefficient (Wildman–Crippen LogP) is 1.63. The zero-order valence-corrected chi connectivity index (χ0v) is 9.92. The number of hydrogen-bond donors (Lipinski definition) is 1. The molecule has 1 N–H and O–H groups in total. The molecule has 3 nitrogen and oxygen atoms in total. The lowest BCUT2D eigenvalue weighted by Crippen LogP contribution is -2.33. The fourth-order valence-corrected chi connectivity index (χ4v) is 2.30. The van der Waals surface area contributed by atoms with Gasteiger partial charge in [0.25, 0.3) is 0 Å². The van der Waals surface area contributed by atoms with E-state index >= 15 is 0 Å². The number of rotatable bonds is 1. The van der Waals surface area contributed by atoms with Crippen LogP contribution in [0.15, 0.2) is 18.2 Å². The Hall–Kier alpha value is -1.51. The Morgan fingerprint density at radius 2 is 1.94 bits per heavy atom. The lowest BCUT2D eigenvalue weighted by atomic mass is 10.1. The van der Waals surface area contributed by atoms with Crippen molar-refractivity contribution in [1.29, 1.82) is 0 Å². The summed E-state index contributed by atoms with van der Waals surface area (Å²) in [6.07, 6.45) is 1.01. The van der Waals surface area contributed by atoms with E-state index in [0.29, 0.717) is 6.54 Å². The minimum Gasteiger partial charge on any atom is -0.362 e. The van der Waals surface area contributed by atoms with Gasteiger partial charge in [-0.1, -0.05) is 18.2 Å². The number of para-hydroxylation sites is 1. The van der Waals surface area contributed by atoms with Crippen LogP contribution >= 0.6 is 0 Å². The molecule has 16 heavy (non-hydrogen) atoms. The summed E-state index contributed by atoms with van der Waals surface area (Å²) in [5, 5.41) is 2.90. The van der Waals surface area contributed by atoms with Crippen molar-refractivity contribution in [3.05, 3.63) is 29.3 Å². The Morgan fingerprint density at radius 1 is 1.25 bits per heavy atom. The molecule has 0 aliphatic carbocycles. The summed E-state index contributed by atoms with van der Waals surface area (Å²) in [6.45, 7) is 6.42. The quantitative estimate of drug-likeness (QED) is 0.777. The molecule has 2 rings (SSSR count). The SMILES string of the molecule is Cc1cccc(C)c1N1CCCNC(=O)C1. The molecule has 1 saturated heterocycles. The van der Waals surface area contributed by atoms with E-state index in [2.05, 4.69) is 42.3 Å². The molecular formula is C13H18N2O. The maximum Gasteiger partial charge on any atom is 0.239 e. The highest BCUT2D eigenvalue weighted by Gasteiger charge is 2.17. The second-order valence-electron chi connectivity index (χ2n) is 4.37. The van der Waals surface area contributed by atoms with E-state index in [-0.39, 0.29) is 5.91 Å². The average molecular weight is 218 g/mol. The smallest absolute Gasteiger partial charge is 0.239 e. The van der Waals surface area contributed by atoms with Crippen molar-refractivity contribution in [2.24, 2.45) is 0 Å². The van der Waals surface area contributed by atoms with Gasteiger partial charge in [0.15, 0.2) is 0 Å². The minimum atomic E-state index is 0.125. The second kappa shape index (κ2) is 4.56. The van der Waals surface area contributed by atoms with Gasteiger partial charge in [0.2, 0.25) is 5.91 Å². The molecule has 0 spiro atoms. The van der Waals surface area contributed by atoms with Crippen LogP contribution in [-0.4, -0.2) is 25.5 Å². The van der Waals surface area contributed by atoms with Gasteiger partial charge in [-0.3, -0.25) is 4.79 Å². The van der Waals surface area contributed by atoms with Gasteiger partial charge in [0.05, 0.1) is 6.54 Å². The molecular weight excluding hydrogens is 200 g/mol. The molecule has 1 aromatic rings.